The normalized spacial score (nSPS) is 16.2. The third-order valence-corrected chi connectivity index (χ3v) is 7.21. The molecule has 33 heavy (non-hydrogen) atoms. The van der Waals surface area contributed by atoms with Crippen LogP contribution in [0.3, 0.4) is 0 Å². The van der Waals surface area contributed by atoms with Crippen LogP contribution in [-0.2, 0) is 4.79 Å². The second-order valence-electron chi connectivity index (χ2n) is 8.32. The van der Waals surface area contributed by atoms with Crippen molar-refractivity contribution in [2.45, 2.75) is 24.9 Å². The van der Waals surface area contributed by atoms with Crippen molar-refractivity contribution in [2.24, 2.45) is 0 Å². The number of amides is 1. The van der Waals surface area contributed by atoms with Crippen molar-refractivity contribution in [1.82, 2.24) is 9.88 Å². The number of nitrogens with zero attached hydrogens (tertiary/aromatic N) is 2. The molecule has 3 aromatic carbocycles. The molecule has 3 heterocycles. The van der Waals surface area contributed by atoms with Crippen LogP contribution in [0.5, 0.6) is 16.7 Å². The molecule has 0 aliphatic carbocycles. The molecule has 1 saturated heterocycles. The van der Waals surface area contributed by atoms with Crippen LogP contribution in [0.15, 0.2) is 66.7 Å². The van der Waals surface area contributed by atoms with Gasteiger partial charge in [-0.3, -0.25) is 4.79 Å². The van der Waals surface area contributed by atoms with Gasteiger partial charge in [0.15, 0.2) is 0 Å². The first-order valence-electron chi connectivity index (χ1n) is 11.0. The van der Waals surface area contributed by atoms with E-state index < -0.39 is 0 Å². The van der Waals surface area contributed by atoms with Gasteiger partial charge in [-0.15, -0.1) is 0 Å². The molecule has 0 radical (unpaired) electrons. The van der Waals surface area contributed by atoms with Gasteiger partial charge in [0.05, 0.1) is 10.6 Å². The fourth-order valence-corrected chi connectivity index (χ4v) is 5.54. The van der Waals surface area contributed by atoms with E-state index >= 15 is 0 Å². The Balaban J connectivity index is 1.18. The third-order valence-electron chi connectivity index (χ3n) is 6.30. The number of para-hydroxylation sites is 3. The van der Waals surface area contributed by atoms with E-state index in [0.717, 1.165) is 27.3 Å². The number of fused-ring (bicyclic) bond motifs is 3. The molecular formula is C26H21FN2O3S. The molecule has 1 amide bonds. The number of hydrogen-bond acceptors (Lipinski definition) is 5. The molecule has 2 aliphatic rings. The SMILES string of the molecule is O=C(C1c2ccccc2Oc2ccccc21)N1CCC(Oc2nc3c(F)cccc3s2)CC1. The standard InChI is InChI=1S/C26H21FN2O3S/c27-19-8-5-11-22-24(19)28-26(33-22)31-16-12-14-29(15-13-16)25(30)23-17-6-1-3-9-20(17)32-21-10-4-2-7-18(21)23/h1-11,16,23H,12-15H2. The predicted molar refractivity (Wildman–Crippen MR) is 125 cm³/mol. The van der Waals surface area contributed by atoms with Gasteiger partial charge in [-0.25, -0.2) is 4.39 Å². The Kier molecular flexibility index (Phi) is 4.99. The van der Waals surface area contributed by atoms with E-state index in [0.29, 0.717) is 36.6 Å². The van der Waals surface area contributed by atoms with Crippen molar-refractivity contribution in [3.8, 4) is 16.7 Å². The average molecular weight is 461 g/mol. The lowest BCUT2D eigenvalue weighted by Crippen LogP contribution is -2.44. The molecule has 0 saturated carbocycles. The van der Waals surface area contributed by atoms with Gasteiger partial charge >= 0.3 is 0 Å². The number of benzene rings is 3. The van der Waals surface area contributed by atoms with Gasteiger partial charge in [-0.1, -0.05) is 53.8 Å². The summed E-state index contributed by atoms with van der Waals surface area (Å²) in [6.07, 6.45) is 1.36. The average Bonchev–Trinajstić information content (AvgIpc) is 3.26. The smallest absolute Gasteiger partial charge is 0.274 e. The molecular weight excluding hydrogens is 439 g/mol. The van der Waals surface area contributed by atoms with Crippen LogP contribution in [0.25, 0.3) is 10.2 Å². The molecule has 0 N–H and O–H groups in total. The van der Waals surface area contributed by atoms with E-state index in [1.165, 1.54) is 17.4 Å². The molecule has 0 bridgehead atoms. The summed E-state index contributed by atoms with van der Waals surface area (Å²) in [4.78, 5) is 19.9. The minimum absolute atomic E-state index is 0.0491. The Hall–Kier alpha value is -3.45. The molecule has 4 aromatic rings. The summed E-state index contributed by atoms with van der Waals surface area (Å²) in [5, 5.41) is 0.479. The van der Waals surface area contributed by atoms with Gasteiger partial charge in [-0.05, 0) is 24.3 Å². The predicted octanol–water partition coefficient (Wildman–Crippen LogP) is 5.74. The number of halogens is 1. The summed E-state index contributed by atoms with van der Waals surface area (Å²) >= 11 is 1.35. The quantitative estimate of drug-likeness (QED) is 0.391. The summed E-state index contributed by atoms with van der Waals surface area (Å²) in [6, 6.07) is 20.4. The van der Waals surface area contributed by atoms with Crippen LogP contribution in [0.1, 0.15) is 29.9 Å². The van der Waals surface area contributed by atoms with Gasteiger partial charge in [-0.2, -0.15) is 4.98 Å². The molecule has 1 aromatic heterocycles. The van der Waals surface area contributed by atoms with Gasteiger partial charge in [0, 0.05) is 37.1 Å². The number of ether oxygens (including phenoxy) is 2. The molecule has 7 heteroatoms. The number of aromatic nitrogens is 1. The van der Waals surface area contributed by atoms with Crippen LogP contribution < -0.4 is 9.47 Å². The van der Waals surface area contributed by atoms with Crippen LogP contribution in [0, 0.1) is 5.82 Å². The van der Waals surface area contributed by atoms with Gasteiger partial charge in [0.25, 0.3) is 5.19 Å². The highest BCUT2D eigenvalue weighted by Gasteiger charge is 2.36. The lowest BCUT2D eigenvalue weighted by Gasteiger charge is -2.36. The fourth-order valence-electron chi connectivity index (χ4n) is 4.64. The third kappa shape index (κ3) is 3.62. The maximum Gasteiger partial charge on any atom is 0.274 e. The molecule has 0 atom stereocenters. The number of carbonyl (C=O) groups is 1. The highest BCUT2D eigenvalue weighted by molar-refractivity contribution is 7.20. The van der Waals surface area contributed by atoms with Crippen LogP contribution >= 0.6 is 11.3 Å². The maximum absolute atomic E-state index is 13.9. The molecule has 2 aliphatic heterocycles. The minimum Gasteiger partial charge on any atom is -0.467 e. The number of carbonyl (C=O) groups excluding carboxylic acids is 1. The number of rotatable bonds is 3. The first-order valence-corrected chi connectivity index (χ1v) is 11.9. The molecule has 1 fully saturated rings. The number of thiazole rings is 1. The zero-order chi connectivity index (χ0) is 22.4. The zero-order valence-corrected chi connectivity index (χ0v) is 18.6. The van der Waals surface area contributed by atoms with Crippen molar-refractivity contribution >= 4 is 27.5 Å². The van der Waals surface area contributed by atoms with E-state index in [-0.39, 0.29) is 23.7 Å². The van der Waals surface area contributed by atoms with E-state index in [1.54, 1.807) is 6.07 Å². The second-order valence-corrected chi connectivity index (χ2v) is 9.31. The van der Waals surface area contributed by atoms with Crippen molar-refractivity contribution in [3.63, 3.8) is 0 Å². The molecule has 0 spiro atoms. The van der Waals surface area contributed by atoms with Crippen molar-refractivity contribution in [1.29, 1.82) is 0 Å². The number of likely N-dealkylation sites (tertiary alicyclic amines) is 1. The fraction of sp³-hybridized carbons (Fsp3) is 0.231. The Morgan fingerprint density at radius 1 is 0.970 bits per heavy atom. The minimum atomic E-state index is -0.379. The first-order chi connectivity index (χ1) is 16.2. The van der Waals surface area contributed by atoms with Crippen LogP contribution in [-0.4, -0.2) is 35.0 Å². The van der Waals surface area contributed by atoms with Crippen LogP contribution in [0.4, 0.5) is 4.39 Å². The molecule has 0 unspecified atom stereocenters. The topological polar surface area (TPSA) is 51.7 Å². The largest absolute Gasteiger partial charge is 0.467 e. The van der Waals surface area contributed by atoms with Crippen molar-refractivity contribution in [3.05, 3.63) is 83.7 Å². The van der Waals surface area contributed by atoms with Crippen LogP contribution in [0.2, 0.25) is 0 Å². The van der Waals surface area contributed by atoms with Gasteiger partial charge in [0.1, 0.15) is 28.9 Å². The lowest BCUT2D eigenvalue weighted by atomic mass is 9.86. The second kappa shape index (κ2) is 8.15. The Morgan fingerprint density at radius 2 is 1.64 bits per heavy atom. The Bertz CT molecular complexity index is 1300. The zero-order valence-electron chi connectivity index (χ0n) is 17.7. The van der Waals surface area contributed by atoms with Crippen molar-refractivity contribution in [2.75, 3.05) is 13.1 Å². The van der Waals surface area contributed by atoms with E-state index in [4.69, 9.17) is 9.47 Å². The first kappa shape index (κ1) is 20.2. The van der Waals surface area contributed by atoms with Crippen molar-refractivity contribution < 1.29 is 18.7 Å². The summed E-state index contributed by atoms with van der Waals surface area (Å²) in [7, 11) is 0. The number of piperidine rings is 1. The van der Waals surface area contributed by atoms with Gasteiger partial charge in [0.2, 0.25) is 5.91 Å². The number of hydrogen-bond donors (Lipinski definition) is 0. The summed E-state index contributed by atoms with van der Waals surface area (Å²) in [5.41, 5.74) is 2.15. The van der Waals surface area contributed by atoms with E-state index in [2.05, 4.69) is 4.98 Å². The molecule has 6 rings (SSSR count). The summed E-state index contributed by atoms with van der Waals surface area (Å²) < 4.78 is 26.8. The highest BCUT2D eigenvalue weighted by Crippen LogP contribution is 2.45. The van der Waals surface area contributed by atoms with E-state index in [1.807, 2.05) is 59.5 Å². The van der Waals surface area contributed by atoms with E-state index in [9.17, 15) is 9.18 Å². The highest BCUT2D eigenvalue weighted by atomic mass is 32.1. The Morgan fingerprint density at radius 3 is 2.30 bits per heavy atom. The summed E-state index contributed by atoms with van der Waals surface area (Å²) in [5.74, 6) is 0.831. The monoisotopic (exact) mass is 460 g/mol. The molecule has 5 nitrogen and oxygen atoms in total. The maximum atomic E-state index is 13.9. The lowest BCUT2D eigenvalue weighted by molar-refractivity contribution is -0.133. The van der Waals surface area contributed by atoms with Gasteiger partial charge < -0.3 is 14.4 Å². The summed E-state index contributed by atoms with van der Waals surface area (Å²) in [6.45, 7) is 1.20. The molecule has 166 valence electrons. The Labute approximate surface area is 194 Å².